The van der Waals surface area contributed by atoms with Crippen molar-refractivity contribution >= 4 is 0 Å². The van der Waals surface area contributed by atoms with Crippen LogP contribution in [0.1, 0.15) is 6.42 Å². The quantitative estimate of drug-likeness (QED) is 0.621. The maximum Gasteiger partial charge on any atom is 0.142 e. The van der Waals surface area contributed by atoms with E-state index in [1.165, 1.54) is 0 Å². The first-order valence-electron chi connectivity index (χ1n) is 4.57. The second kappa shape index (κ2) is 8.13. The van der Waals surface area contributed by atoms with Gasteiger partial charge in [0.2, 0.25) is 0 Å². The largest absolute Gasteiger partial charge is 0.670 e. The Balaban J connectivity index is 0.00000196. The summed E-state index contributed by atoms with van der Waals surface area (Å²) in [5, 5.41) is 18.3. The molecule has 1 fully saturated rings. The van der Waals surface area contributed by atoms with Gasteiger partial charge in [-0.2, -0.15) is 0 Å². The summed E-state index contributed by atoms with van der Waals surface area (Å²) in [7, 11) is 0. The third kappa shape index (κ3) is 4.78. The monoisotopic (exact) mass is 429 g/mol. The van der Waals surface area contributed by atoms with Gasteiger partial charge in [0.05, 0.1) is 19.3 Å². The van der Waals surface area contributed by atoms with E-state index >= 15 is 0 Å². The van der Waals surface area contributed by atoms with E-state index in [1.807, 2.05) is 0 Å². The van der Waals surface area contributed by atoms with E-state index in [1.54, 1.807) is 6.08 Å². The molecule has 1 rings (SSSR count). The van der Waals surface area contributed by atoms with Crippen molar-refractivity contribution in [2.45, 2.75) is 31.0 Å². The summed E-state index contributed by atoms with van der Waals surface area (Å²) in [6, 6.07) is -0.618. The summed E-state index contributed by atoms with van der Waals surface area (Å²) in [6.45, 7) is 3.52. The molecule has 0 amide bonds. The average Bonchev–Trinajstić information content (AvgIpc) is 2.17. The third-order valence-corrected chi connectivity index (χ3v) is 2.12. The molecule has 0 bridgehead atoms. The van der Waals surface area contributed by atoms with Crippen LogP contribution in [-0.4, -0.2) is 48.0 Å². The molecule has 1 heterocycles. The standard InChI is InChI=1S/C9H16NO4.Ac/c1-2-3-13-9-6(10)4-7(12)8(5-11)14-9;/h2,6-12H,1,3-5H2;/q-1;/t6?,7-,8?,9-;/m1./s1. The van der Waals surface area contributed by atoms with Crippen molar-refractivity contribution in [3.05, 3.63) is 18.4 Å². The van der Waals surface area contributed by atoms with Gasteiger partial charge >= 0.3 is 0 Å². The van der Waals surface area contributed by atoms with Crippen molar-refractivity contribution in [3.8, 4) is 0 Å². The Morgan fingerprint density at radius 1 is 1.60 bits per heavy atom. The second-order valence-electron chi connectivity index (χ2n) is 3.26. The number of aliphatic hydroxyl groups is 2. The molecule has 4 atom stereocenters. The van der Waals surface area contributed by atoms with Gasteiger partial charge in [0.15, 0.2) is 0 Å². The molecular formula is C9H16AcNO4-. The molecule has 0 spiro atoms. The van der Waals surface area contributed by atoms with Crippen LogP contribution in [0.15, 0.2) is 12.7 Å². The predicted octanol–water partition coefficient (Wildman–Crippen LogP) is 0.0780. The Kier molecular flexibility index (Phi) is 8.66. The van der Waals surface area contributed by atoms with Crippen molar-refractivity contribution in [1.29, 1.82) is 0 Å². The Morgan fingerprint density at radius 2 is 2.27 bits per heavy atom. The fraction of sp³-hybridized carbons (Fsp3) is 0.778. The zero-order chi connectivity index (χ0) is 10.6. The van der Waals surface area contributed by atoms with E-state index in [4.69, 9.17) is 20.3 Å². The first kappa shape index (κ1) is 16.0. The van der Waals surface area contributed by atoms with Gasteiger partial charge in [0.25, 0.3) is 0 Å². The van der Waals surface area contributed by atoms with Crippen LogP contribution in [0.25, 0.3) is 5.73 Å². The van der Waals surface area contributed by atoms with Gasteiger partial charge in [-0.25, -0.2) is 0 Å². The van der Waals surface area contributed by atoms with Crippen molar-refractivity contribution < 1.29 is 63.7 Å². The zero-order valence-electron chi connectivity index (χ0n) is 8.50. The van der Waals surface area contributed by atoms with E-state index in [0.29, 0.717) is 6.61 Å². The van der Waals surface area contributed by atoms with Crippen LogP contribution < -0.4 is 0 Å². The number of hydrogen-bond donors (Lipinski definition) is 2. The molecule has 3 N–H and O–H groups in total. The molecule has 85 valence electrons. The molecule has 15 heavy (non-hydrogen) atoms. The molecule has 1 aliphatic heterocycles. The fourth-order valence-electron chi connectivity index (χ4n) is 1.36. The molecule has 0 aromatic heterocycles. The van der Waals surface area contributed by atoms with Crippen molar-refractivity contribution in [2.75, 3.05) is 13.2 Å². The van der Waals surface area contributed by atoms with E-state index in [-0.39, 0.29) is 57.1 Å². The summed E-state index contributed by atoms with van der Waals surface area (Å²) in [5.41, 5.74) is 7.58. The Bertz CT molecular complexity index is 193. The van der Waals surface area contributed by atoms with Crippen molar-refractivity contribution in [1.82, 2.24) is 0 Å². The van der Waals surface area contributed by atoms with E-state index in [0.717, 1.165) is 0 Å². The zero-order valence-corrected chi connectivity index (χ0v) is 13.2. The van der Waals surface area contributed by atoms with Gasteiger partial charge in [-0.05, 0) is 6.42 Å². The second-order valence-corrected chi connectivity index (χ2v) is 3.26. The molecule has 6 heteroatoms. The van der Waals surface area contributed by atoms with Gasteiger partial charge in [-0.3, -0.25) is 0 Å². The van der Waals surface area contributed by atoms with Crippen LogP contribution in [0.3, 0.4) is 0 Å². The van der Waals surface area contributed by atoms with E-state index in [2.05, 4.69) is 6.58 Å². The number of nitrogens with one attached hydrogen (secondary N) is 1. The predicted molar refractivity (Wildman–Crippen MR) is 50.6 cm³/mol. The average molecular weight is 429 g/mol. The topological polar surface area (TPSA) is 82.7 Å². The fourth-order valence-corrected chi connectivity index (χ4v) is 1.36. The Morgan fingerprint density at radius 3 is 2.80 bits per heavy atom. The van der Waals surface area contributed by atoms with Gasteiger partial charge in [-0.1, -0.05) is 12.1 Å². The number of rotatable bonds is 4. The molecule has 1 saturated heterocycles. The van der Waals surface area contributed by atoms with Crippen molar-refractivity contribution in [3.63, 3.8) is 0 Å². The van der Waals surface area contributed by atoms with Gasteiger partial charge in [0, 0.05) is 44.1 Å². The Hall–Kier alpha value is 0.982. The SMILES string of the molecule is C=CCO[C@@H]1OC(CO)[C@H](O)CC1[NH-].[Ac]. The van der Waals surface area contributed by atoms with Gasteiger partial charge in [0.1, 0.15) is 12.4 Å². The summed E-state index contributed by atoms with van der Waals surface area (Å²) in [5.74, 6) is 0. The minimum Gasteiger partial charge on any atom is -0.670 e. The van der Waals surface area contributed by atoms with Crippen molar-refractivity contribution in [2.24, 2.45) is 0 Å². The van der Waals surface area contributed by atoms with Gasteiger partial charge in [-0.15, -0.1) is 6.58 Å². The van der Waals surface area contributed by atoms with Crippen LogP contribution in [0.5, 0.6) is 0 Å². The molecule has 0 aromatic rings. The summed E-state index contributed by atoms with van der Waals surface area (Å²) >= 11 is 0. The Labute approximate surface area is 125 Å². The molecule has 0 saturated carbocycles. The van der Waals surface area contributed by atoms with Crippen LogP contribution in [0.2, 0.25) is 0 Å². The summed E-state index contributed by atoms with van der Waals surface area (Å²) in [6.07, 6.45) is -0.298. The first-order valence-corrected chi connectivity index (χ1v) is 4.57. The molecule has 0 aliphatic carbocycles. The number of ether oxygens (including phenoxy) is 2. The molecular weight excluding hydrogens is 413 g/mol. The molecule has 2 unspecified atom stereocenters. The maximum absolute atomic E-state index is 9.40. The number of hydrogen-bond acceptors (Lipinski definition) is 4. The molecule has 0 aromatic carbocycles. The normalized spacial score (nSPS) is 35.7. The maximum atomic E-state index is 9.40. The number of aliphatic hydroxyl groups excluding tert-OH is 2. The van der Waals surface area contributed by atoms with Crippen LogP contribution >= 0.6 is 0 Å². The smallest absolute Gasteiger partial charge is 0.142 e. The van der Waals surface area contributed by atoms with Crippen LogP contribution in [0.4, 0.5) is 0 Å². The molecule has 5 nitrogen and oxygen atoms in total. The first-order chi connectivity index (χ1) is 6.69. The minimum atomic E-state index is -0.786. The third-order valence-electron chi connectivity index (χ3n) is 2.12. The minimum absolute atomic E-state index is 0. The summed E-state index contributed by atoms with van der Waals surface area (Å²) in [4.78, 5) is 0. The van der Waals surface area contributed by atoms with E-state index in [9.17, 15) is 5.11 Å². The van der Waals surface area contributed by atoms with Gasteiger partial charge < -0.3 is 25.4 Å². The summed E-state index contributed by atoms with van der Waals surface area (Å²) < 4.78 is 10.4. The molecule has 1 radical (unpaired) electrons. The van der Waals surface area contributed by atoms with Crippen LogP contribution in [0, 0.1) is 44.1 Å². The van der Waals surface area contributed by atoms with Crippen LogP contribution in [-0.2, 0) is 9.47 Å². The molecule has 1 aliphatic rings. The van der Waals surface area contributed by atoms with E-state index < -0.39 is 24.5 Å².